The van der Waals surface area contributed by atoms with Gasteiger partial charge in [-0.2, -0.15) is 0 Å². The van der Waals surface area contributed by atoms with Crippen molar-refractivity contribution in [3.05, 3.63) is 42.3 Å². The Labute approximate surface area is 85.3 Å². The smallest absolute Gasteiger partial charge is 0.181 e. The van der Waals surface area contributed by atoms with Crippen LogP contribution in [0.2, 0.25) is 0 Å². The number of hydrogen-bond acceptors (Lipinski definition) is 2. The number of nitrogens with one attached hydrogen (secondary N) is 1. The largest absolute Gasteiger partial charge is 0.495 e. The molecule has 14 heavy (non-hydrogen) atoms. The summed E-state index contributed by atoms with van der Waals surface area (Å²) >= 11 is 0. The van der Waals surface area contributed by atoms with Crippen molar-refractivity contribution in [3.8, 4) is 0 Å². The Morgan fingerprint density at radius 1 is 1.21 bits per heavy atom. The predicted octanol–water partition coefficient (Wildman–Crippen LogP) is 3.43. The minimum atomic E-state index is -0.0338. The van der Waals surface area contributed by atoms with E-state index >= 15 is 0 Å². The molecule has 2 heteroatoms. The molecular weight excluding hydrogens is 174 g/mol. The number of anilines is 1. The lowest BCUT2D eigenvalue weighted by molar-refractivity contribution is 0.422. The molecule has 0 saturated carbocycles. The summed E-state index contributed by atoms with van der Waals surface area (Å²) in [6.45, 7) is 9.87. The monoisotopic (exact) mass is 191 g/mol. The van der Waals surface area contributed by atoms with Crippen LogP contribution in [-0.4, -0.2) is 5.11 Å². The summed E-state index contributed by atoms with van der Waals surface area (Å²) in [6.07, 6.45) is 0. The first-order chi connectivity index (χ1) is 6.39. The van der Waals surface area contributed by atoms with Gasteiger partial charge in [0.2, 0.25) is 0 Å². The van der Waals surface area contributed by atoms with Crippen LogP contribution in [0.4, 0.5) is 5.69 Å². The second kappa shape index (κ2) is 3.74. The van der Waals surface area contributed by atoms with Crippen LogP contribution >= 0.6 is 0 Å². The highest BCUT2D eigenvalue weighted by atomic mass is 16.3. The molecule has 0 aliphatic rings. The molecule has 0 heterocycles. The lowest BCUT2D eigenvalue weighted by Crippen LogP contribution is -2.10. The zero-order valence-corrected chi connectivity index (χ0v) is 8.96. The molecule has 0 unspecified atom stereocenters. The molecule has 1 rings (SSSR count). The predicted molar refractivity (Wildman–Crippen MR) is 60.5 cm³/mol. The summed E-state index contributed by atoms with van der Waals surface area (Å²) in [6, 6.07) is 7.96. The first kappa shape index (κ1) is 10.6. The van der Waals surface area contributed by atoms with Gasteiger partial charge in [-0.3, -0.25) is 0 Å². The molecule has 0 atom stereocenters. The molecule has 0 radical (unpaired) electrons. The van der Waals surface area contributed by atoms with Crippen molar-refractivity contribution in [3.63, 3.8) is 0 Å². The zero-order chi connectivity index (χ0) is 10.8. The fourth-order valence-corrected chi connectivity index (χ4v) is 1.22. The van der Waals surface area contributed by atoms with Crippen molar-refractivity contribution in [2.75, 3.05) is 5.32 Å². The molecule has 0 fully saturated rings. The normalized spacial score (nSPS) is 11.1. The molecule has 0 amide bonds. The van der Waals surface area contributed by atoms with E-state index in [1.54, 1.807) is 0 Å². The summed E-state index contributed by atoms with van der Waals surface area (Å²) in [7, 11) is 0. The van der Waals surface area contributed by atoms with Crippen LogP contribution in [0.5, 0.6) is 0 Å². The van der Waals surface area contributed by atoms with Crippen LogP contribution in [0.15, 0.2) is 36.7 Å². The van der Waals surface area contributed by atoms with Gasteiger partial charge in [0.15, 0.2) is 5.88 Å². The van der Waals surface area contributed by atoms with E-state index in [1.807, 2.05) is 24.3 Å². The molecule has 1 aromatic rings. The maximum Gasteiger partial charge on any atom is 0.181 e. The molecule has 2 nitrogen and oxygen atoms in total. The lowest BCUT2D eigenvalue weighted by atomic mass is 9.87. The first-order valence-electron chi connectivity index (χ1n) is 4.65. The van der Waals surface area contributed by atoms with Crippen molar-refractivity contribution in [2.45, 2.75) is 26.2 Å². The Balaban J connectivity index is 2.84. The fraction of sp³-hybridized carbons (Fsp3) is 0.333. The number of rotatable bonds is 2. The Hall–Kier alpha value is -1.44. The van der Waals surface area contributed by atoms with Crippen LogP contribution < -0.4 is 5.32 Å². The lowest BCUT2D eigenvalue weighted by Gasteiger charge is -2.19. The van der Waals surface area contributed by atoms with Crippen LogP contribution in [0.1, 0.15) is 26.3 Å². The van der Waals surface area contributed by atoms with E-state index in [0.717, 1.165) is 5.69 Å². The SMILES string of the molecule is C=C(O)Nc1ccc(C(C)(C)C)cc1. The van der Waals surface area contributed by atoms with Gasteiger partial charge < -0.3 is 10.4 Å². The van der Waals surface area contributed by atoms with Crippen LogP contribution in [0, 0.1) is 0 Å². The van der Waals surface area contributed by atoms with E-state index < -0.39 is 0 Å². The van der Waals surface area contributed by atoms with E-state index in [9.17, 15) is 0 Å². The van der Waals surface area contributed by atoms with Gasteiger partial charge in [-0.25, -0.2) is 0 Å². The zero-order valence-electron chi connectivity index (χ0n) is 8.96. The standard InChI is InChI=1S/C12H17NO/c1-9(14)13-11-7-5-10(6-8-11)12(2,3)4/h5-8,13-14H,1H2,2-4H3. The average Bonchev–Trinajstić information content (AvgIpc) is 2.02. The highest BCUT2D eigenvalue weighted by Crippen LogP contribution is 2.23. The highest BCUT2D eigenvalue weighted by Gasteiger charge is 2.12. The number of benzene rings is 1. The quantitative estimate of drug-likeness (QED) is 0.702. The van der Waals surface area contributed by atoms with Gasteiger partial charge in [0.25, 0.3) is 0 Å². The summed E-state index contributed by atoms with van der Waals surface area (Å²) in [5.74, 6) is -0.0338. The Morgan fingerprint density at radius 3 is 2.07 bits per heavy atom. The van der Waals surface area contributed by atoms with Gasteiger partial charge >= 0.3 is 0 Å². The van der Waals surface area contributed by atoms with Crippen LogP contribution in [-0.2, 0) is 5.41 Å². The first-order valence-corrected chi connectivity index (χ1v) is 4.65. The Bertz CT molecular complexity index is 319. The molecule has 2 N–H and O–H groups in total. The van der Waals surface area contributed by atoms with E-state index in [1.165, 1.54) is 5.56 Å². The number of aliphatic hydroxyl groups is 1. The van der Waals surface area contributed by atoms with Crippen molar-refractivity contribution >= 4 is 5.69 Å². The fourth-order valence-electron chi connectivity index (χ4n) is 1.22. The summed E-state index contributed by atoms with van der Waals surface area (Å²) in [4.78, 5) is 0. The summed E-state index contributed by atoms with van der Waals surface area (Å²) in [5, 5.41) is 11.7. The van der Waals surface area contributed by atoms with E-state index in [0.29, 0.717) is 0 Å². The third-order valence-corrected chi connectivity index (χ3v) is 2.04. The molecule has 1 aromatic carbocycles. The van der Waals surface area contributed by atoms with Gasteiger partial charge in [0, 0.05) is 5.69 Å². The highest BCUT2D eigenvalue weighted by molar-refractivity contribution is 5.48. The molecule has 76 valence electrons. The molecule has 0 aromatic heterocycles. The summed E-state index contributed by atoms with van der Waals surface area (Å²) < 4.78 is 0. The molecule has 0 spiro atoms. The molecule has 0 bridgehead atoms. The number of aliphatic hydroxyl groups excluding tert-OH is 1. The third-order valence-electron chi connectivity index (χ3n) is 2.04. The van der Waals surface area contributed by atoms with Crippen LogP contribution in [0.25, 0.3) is 0 Å². The van der Waals surface area contributed by atoms with Gasteiger partial charge in [-0.1, -0.05) is 32.9 Å². The summed E-state index contributed by atoms with van der Waals surface area (Å²) in [5.41, 5.74) is 2.28. The van der Waals surface area contributed by atoms with Gasteiger partial charge in [0.05, 0.1) is 0 Å². The van der Waals surface area contributed by atoms with E-state index in [-0.39, 0.29) is 11.3 Å². The van der Waals surface area contributed by atoms with Gasteiger partial charge in [0.1, 0.15) is 0 Å². The Kier molecular flexibility index (Phi) is 2.84. The van der Waals surface area contributed by atoms with Crippen molar-refractivity contribution in [1.82, 2.24) is 0 Å². The second-order valence-electron chi connectivity index (χ2n) is 4.40. The minimum absolute atomic E-state index is 0.0338. The maximum absolute atomic E-state index is 8.93. The van der Waals surface area contributed by atoms with Crippen LogP contribution in [0.3, 0.4) is 0 Å². The van der Waals surface area contributed by atoms with Crippen molar-refractivity contribution < 1.29 is 5.11 Å². The Morgan fingerprint density at radius 2 is 1.71 bits per heavy atom. The van der Waals surface area contributed by atoms with Crippen molar-refractivity contribution in [2.24, 2.45) is 0 Å². The molecule has 0 aliphatic carbocycles. The molecule has 0 aliphatic heterocycles. The maximum atomic E-state index is 8.93. The third kappa shape index (κ3) is 2.80. The second-order valence-corrected chi connectivity index (χ2v) is 4.40. The molecular formula is C12H17NO. The minimum Gasteiger partial charge on any atom is -0.495 e. The van der Waals surface area contributed by atoms with E-state index in [2.05, 4.69) is 32.7 Å². The average molecular weight is 191 g/mol. The topological polar surface area (TPSA) is 32.3 Å². The van der Waals surface area contributed by atoms with E-state index in [4.69, 9.17) is 5.11 Å². The van der Waals surface area contributed by atoms with Crippen molar-refractivity contribution in [1.29, 1.82) is 0 Å². The van der Waals surface area contributed by atoms with Gasteiger partial charge in [-0.15, -0.1) is 0 Å². The number of hydrogen-bond donors (Lipinski definition) is 2. The van der Waals surface area contributed by atoms with Gasteiger partial charge in [-0.05, 0) is 29.7 Å². The molecule has 0 saturated heterocycles.